The van der Waals surface area contributed by atoms with Crippen LogP contribution in [0.4, 0.5) is 5.69 Å². The SMILES string of the molecule is Cc1ccc(NC(C)C(=O)N2CCCC2)cc1Br. The van der Waals surface area contributed by atoms with Crippen molar-refractivity contribution in [3.63, 3.8) is 0 Å². The maximum Gasteiger partial charge on any atom is 0.244 e. The van der Waals surface area contributed by atoms with Gasteiger partial charge in [-0.05, 0) is 44.4 Å². The van der Waals surface area contributed by atoms with Gasteiger partial charge in [0, 0.05) is 23.2 Å². The molecular weight excluding hydrogens is 292 g/mol. The third-order valence-electron chi connectivity index (χ3n) is 3.34. The smallest absolute Gasteiger partial charge is 0.244 e. The Hall–Kier alpha value is -1.03. The number of nitrogens with one attached hydrogen (secondary N) is 1. The quantitative estimate of drug-likeness (QED) is 0.930. The Labute approximate surface area is 117 Å². The summed E-state index contributed by atoms with van der Waals surface area (Å²) in [5.41, 5.74) is 2.17. The Bertz CT molecular complexity index is 441. The van der Waals surface area contributed by atoms with E-state index < -0.39 is 0 Å². The third-order valence-corrected chi connectivity index (χ3v) is 4.20. The number of carbonyl (C=O) groups excluding carboxylic acids is 1. The maximum absolute atomic E-state index is 12.2. The van der Waals surface area contributed by atoms with E-state index in [0.29, 0.717) is 0 Å². The van der Waals surface area contributed by atoms with Gasteiger partial charge in [0.25, 0.3) is 0 Å². The highest BCUT2D eigenvalue weighted by molar-refractivity contribution is 9.10. The van der Waals surface area contributed by atoms with Gasteiger partial charge in [-0.2, -0.15) is 0 Å². The summed E-state index contributed by atoms with van der Waals surface area (Å²) >= 11 is 3.50. The number of halogens is 1. The van der Waals surface area contributed by atoms with Crippen molar-refractivity contribution in [1.29, 1.82) is 0 Å². The van der Waals surface area contributed by atoms with Crippen molar-refractivity contribution in [2.24, 2.45) is 0 Å². The number of anilines is 1. The molecule has 2 rings (SSSR count). The second-order valence-corrected chi connectivity index (χ2v) is 5.72. The molecule has 1 aromatic carbocycles. The minimum Gasteiger partial charge on any atom is -0.374 e. The van der Waals surface area contributed by atoms with Crippen molar-refractivity contribution in [3.05, 3.63) is 28.2 Å². The normalized spacial score (nSPS) is 16.7. The van der Waals surface area contributed by atoms with E-state index in [9.17, 15) is 4.79 Å². The Balaban J connectivity index is 1.99. The third kappa shape index (κ3) is 3.05. The maximum atomic E-state index is 12.2. The average molecular weight is 311 g/mol. The molecule has 1 N–H and O–H groups in total. The van der Waals surface area contributed by atoms with Gasteiger partial charge in [0.2, 0.25) is 5.91 Å². The van der Waals surface area contributed by atoms with Crippen molar-refractivity contribution in [3.8, 4) is 0 Å². The fourth-order valence-corrected chi connectivity index (χ4v) is 2.58. The van der Waals surface area contributed by atoms with Crippen molar-refractivity contribution < 1.29 is 4.79 Å². The molecule has 0 saturated carbocycles. The summed E-state index contributed by atoms with van der Waals surface area (Å²) in [5, 5.41) is 3.27. The first kappa shape index (κ1) is 13.4. The summed E-state index contributed by atoms with van der Waals surface area (Å²) in [6.07, 6.45) is 2.27. The summed E-state index contributed by atoms with van der Waals surface area (Å²) in [6, 6.07) is 5.90. The van der Waals surface area contributed by atoms with Crippen molar-refractivity contribution in [2.75, 3.05) is 18.4 Å². The Morgan fingerprint density at radius 2 is 2.06 bits per heavy atom. The Morgan fingerprint density at radius 1 is 1.39 bits per heavy atom. The van der Waals surface area contributed by atoms with Crippen LogP contribution in [0, 0.1) is 6.92 Å². The van der Waals surface area contributed by atoms with E-state index in [1.165, 1.54) is 5.56 Å². The first-order valence-electron chi connectivity index (χ1n) is 6.39. The van der Waals surface area contributed by atoms with E-state index in [2.05, 4.69) is 21.2 Å². The molecule has 1 fully saturated rings. The zero-order valence-corrected chi connectivity index (χ0v) is 12.5. The highest BCUT2D eigenvalue weighted by Crippen LogP contribution is 2.21. The van der Waals surface area contributed by atoms with Crippen LogP contribution in [-0.2, 0) is 4.79 Å². The van der Waals surface area contributed by atoms with Gasteiger partial charge in [0.05, 0.1) is 0 Å². The topological polar surface area (TPSA) is 32.3 Å². The molecule has 1 atom stereocenters. The van der Waals surface area contributed by atoms with Crippen LogP contribution in [0.1, 0.15) is 25.3 Å². The van der Waals surface area contributed by atoms with Gasteiger partial charge in [-0.25, -0.2) is 0 Å². The molecule has 3 nitrogen and oxygen atoms in total. The van der Waals surface area contributed by atoms with E-state index in [0.717, 1.165) is 36.1 Å². The van der Waals surface area contributed by atoms with E-state index in [4.69, 9.17) is 0 Å². The van der Waals surface area contributed by atoms with Crippen LogP contribution in [0.2, 0.25) is 0 Å². The molecule has 1 amide bonds. The predicted molar refractivity (Wildman–Crippen MR) is 77.8 cm³/mol. The second kappa shape index (κ2) is 5.74. The highest BCUT2D eigenvalue weighted by atomic mass is 79.9. The molecule has 1 aliphatic heterocycles. The van der Waals surface area contributed by atoms with Gasteiger partial charge in [0.15, 0.2) is 0 Å². The molecule has 0 aliphatic carbocycles. The average Bonchev–Trinajstić information content (AvgIpc) is 2.86. The minimum atomic E-state index is -0.169. The highest BCUT2D eigenvalue weighted by Gasteiger charge is 2.22. The van der Waals surface area contributed by atoms with Crippen LogP contribution in [0.5, 0.6) is 0 Å². The van der Waals surface area contributed by atoms with Crippen LogP contribution >= 0.6 is 15.9 Å². The molecule has 0 aromatic heterocycles. The standard InChI is InChI=1S/C14H19BrN2O/c1-10-5-6-12(9-13(10)15)16-11(2)14(18)17-7-3-4-8-17/h5-6,9,11,16H,3-4,7-8H2,1-2H3. The molecule has 4 heteroatoms. The molecule has 98 valence electrons. The predicted octanol–water partition coefficient (Wildman–Crippen LogP) is 3.18. The number of carbonyl (C=O) groups is 1. The summed E-state index contributed by atoms with van der Waals surface area (Å²) < 4.78 is 1.06. The monoisotopic (exact) mass is 310 g/mol. The van der Waals surface area contributed by atoms with Gasteiger partial charge in [-0.1, -0.05) is 22.0 Å². The lowest BCUT2D eigenvalue weighted by Crippen LogP contribution is -2.39. The molecule has 0 bridgehead atoms. The van der Waals surface area contributed by atoms with Crippen molar-refractivity contribution >= 4 is 27.5 Å². The number of nitrogens with zero attached hydrogens (tertiary/aromatic N) is 1. The van der Waals surface area contributed by atoms with Crippen LogP contribution < -0.4 is 5.32 Å². The fourth-order valence-electron chi connectivity index (χ4n) is 2.21. The van der Waals surface area contributed by atoms with Gasteiger partial charge < -0.3 is 10.2 Å². The van der Waals surface area contributed by atoms with Crippen LogP contribution in [-0.4, -0.2) is 29.9 Å². The number of hydrogen-bond acceptors (Lipinski definition) is 2. The van der Waals surface area contributed by atoms with Crippen molar-refractivity contribution in [1.82, 2.24) is 4.90 Å². The van der Waals surface area contributed by atoms with E-state index in [-0.39, 0.29) is 11.9 Å². The second-order valence-electron chi connectivity index (χ2n) is 4.86. The van der Waals surface area contributed by atoms with Gasteiger partial charge in [-0.3, -0.25) is 4.79 Å². The zero-order valence-electron chi connectivity index (χ0n) is 10.9. The van der Waals surface area contributed by atoms with Crippen LogP contribution in [0.3, 0.4) is 0 Å². The largest absolute Gasteiger partial charge is 0.374 e. The molecule has 0 radical (unpaired) electrons. The summed E-state index contributed by atoms with van der Waals surface area (Å²) in [7, 11) is 0. The number of likely N-dealkylation sites (tertiary alicyclic amines) is 1. The van der Waals surface area contributed by atoms with Crippen molar-refractivity contribution in [2.45, 2.75) is 32.7 Å². The van der Waals surface area contributed by atoms with E-state index >= 15 is 0 Å². The number of hydrogen-bond donors (Lipinski definition) is 1. The molecule has 1 unspecified atom stereocenters. The van der Waals surface area contributed by atoms with Crippen LogP contribution in [0.15, 0.2) is 22.7 Å². The Morgan fingerprint density at radius 3 is 2.67 bits per heavy atom. The molecule has 1 heterocycles. The number of aryl methyl sites for hydroxylation is 1. The molecular formula is C14H19BrN2O. The number of rotatable bonds is 3. The number of amides is 1. The molecule has 1 saturated heterocycles. The van der Waals surface area contributed by atoms with Gasteiger partial charge in [-0.15, -0.1) is 0 Å². The zero-order chi connectivity index (χ0) is 13.1. The number of benzene rings is 1. The lowest BCUT2D eigenvalue weighted by molar-refractivity contribution is -0.130. The van der Waals surface area contributed by atoms with Crippen LogP contribution in [0.25, 0.3) is 0 Å². The van der Waals surface area contributed by atoms with E-state index in [1.54, 1.807) is 0 Å². The summed E-state index contributed by atoms with van der Waals surface area (Å²) in [5.74, 6) is 0.198. The first-order chi connectivity index (χ1) is 8.58. The molecule has 18 heavy (non-hydrogen) atoms. The van der Waals surface area contributed by atoms with E-state index in [1.807, 2.05) is 36.9 Å². The Kier molecular flexibility index (Phi) is 4.27. The van der Waals surface area contributed by atoms with Gasteiger partial charge >= 0.3 is 0 Å². The fraction of sp³-hybridized carbons (Fsp3) is 0.500. The van der Waals surface area contributed by atoms with Gasteiger partial charge in [0.1, 0.15) is 6.04 Å². The summed E-state index contributed by atoms with van der Waals surface area (Å²) in [4.78, 5) is 14.1. The minimum absolute atomic E-state index is 0.169. The molecule has 1 aliphatic rings. The molecule has 0 spiro atoms. The lowest BCUT2D eigenvalue weighted by atomic mass is 10.2. The summed E-state index contributed by atoms with van der Waals surface area (Å²) in [6.45, 7) is 5.78. The lowest BCUT2D eigenvalue weighted by Gasteiger charge is -2.22. The molecule has 1 aromatic rings. The first-order valence-corrected chi connectivity index (χ1v) is 7.18.